The topological polar surface area (TPSA) is 17.0 Å². The molecule has 4 rings (SSSR count). The van der Waals surface area contributed by atoms with Crippen molar-refractivity contribution in [2.24, 2.45) is 23.7 Å². The predicted molar refractivity (Wildman–Crippen MR) is 77.8 cm³/mol. The molecular formula is C17H26N2. The second kappa shape index (κ2) is 4.66. The summed E-state index contributed by atoms with van der Waals surface area (Å²) in [6.45, 7) is 4.38. The largest absolute Gasteiger partial charge is 0.351 e. The normalized spacial score (nSPS) is 39.9. The molecule has 2 heteroatoms. The van der Waals surface area contributed by atoms with E-state index in [2.05, 4.69) is 35.1 Å². The lowest BCUT2D eigenvalue weighted by Crippen LogP contribution is -2.39. The summed E-state index contributed by atoms with van der Waals surface area (Å²) >= 11 is 0. The third-order valence-electron chi connectivity index (χ3n) is 6.24. The molecule has 0 amide bonds. The number of hydrogen-bond acceptors (Lipinski definition) is 1. The molecule has 1 heterocycles. The molecule has 5 atom stereocenters. The molecule has 0 aliphatic heterocycles. The van der Waals surface area contributed by atoms with Crippen LogP contribution in [0.25, 0.3) is 0 Å². The summed E-state index contributed by atoms with van der Waals surface area (Å²) in [4.78, 5) is 0. The molecule has 3 fully saturated rings. The van der Waals surface area contributed by atoms with Gasteiger partial charge in [-0.15, -0.1) is 0 Å². The first-order chi connectivity index (χ1) is 9.36. The fourth-order valence-electron chi connectivity index (χ4n) is 5.46. The monoisotopic (exact) mass is 258 g/mol. The highest BCUT2D eigenvalue weighted by atomic mass is 15.0. The van der Waals surface area contributed by atoms with Crippen LogP contribution in [0, 0.1) is 23.7 Å². The second-order valence-electron chi connectivity index (χ2n) is 6.93. The highest BCUT2D eigenvalue weighted by Crippen LogP contribution is 2.58. The van der Waals surface area contributed by atoms with Gasteiger partial charge in [0.05, 0.1) is 0 Å². The Bertz CT molecular complexity index is 450. The summed E-state index contributed by atoms with van der Waals surface area (Å²) in [6, 6.07) is 5.25. The van der Waals surface area contributed by atoms with Crippen LogP contribution in [0.3, 0.4) is 0 Å². The van der Waals surface area contributed by atoms with Crippen LogP contribution in [0.1, 0.15) is 44.7 Å². The molecule has 3 aliphatic carbocycles. The molecule has 3 saturated carbocycles. The molecule has 104 valence electrons. The Morgan fingerprint density at radius 2 is 2.11 bits per heavy atom. The minimum atomic E-state index is 0.810. The first-order valence-corrected chi connectivity index (χ1v) is 8.24. The molecule has 2 nitrogen and oxygen atoms in total. The molecule has 1 N–H and O–H groups in total. The first kappa shape index (κ1) is 12.0. The van der Waals surface area contributed by atoms with Crippen molar-refractivity contribution in [3.63, 3.8) is 0 Å². The van der Waals surface area contributed by atoms with E-state index in [9.17, 15) is 0 Å². The van der Waals surface area contributed by atoms with Crippen LogP contribution in [-0.4, -0.2) is 10.6 Å². The molecule has 1 aromatic rings. The average molecular weight is 258 g/mol. The van der Waals surface area contributed by atoms with Crippen LogP contribution in [0.2, 0.25) is 0 Å². The molecule has 5 unspecified atom stereocenters. The third-order valence-corrected chi connectivity index (χ3v) is 6.24. The van der Waals surface area contributed by atoms with Gasteiger partial charge >= 0.3 is 0 Å². The molecule has 1 aromatic heterocycles. The van der Waals surface area contributed by atoms with E-state index in [4.69, 9.17) is 0 Å². The number of nitrogens with zero attached hydrogens (tertiary/aromatic N) is 1. The zero-order valence-corrected chi connectivity index (χ0v) is 12.0. The van der Waals surface area contributed by atoms with Gasteiger partial charge in [0.15, 0.2) is 0 Å². The molecule has 2 bridgehead atoms. The second-order valence-corrected chi connectivity index (χ2v) is 6.93. The van der Waals surface area contributed by atoms with Crippen molar-refractivity contribution >= 4 is 0 Å². The lowest BCUT2D eigenvalue weighted by molar-refractivity contribution is 0.207. The van der Waals surface area contributed by atoms with Gasteiger partial charge < -0.3 is 9.88 Å². The number of aromatic nitrogens is 1. The Morgan fingerprint density at radius 1 is 1.21 bits per heavy atom. The Hall–Kier alpha value is -0.760. The minimum Gasteiger partial charge on any atom is -0.351 e. The Labute approximate surface area is 116 Å². The van der Waals surface area contributed by atoms with Gasteiger partial charge in [-0.25, -0.2) is 0 Å². The maximum atomic E-state index is 3.88. The van der Waals surface area contributed by atoms with Crippen molar-refractivity contribution in [1.29, 1.82) is 0 Å². The molecule has 0 radical (unpaired) electrons. The molecule has 3 aliphatic rings. The van der Waals surface area contributed by atoms with Crippen LogP contribution in [0.4, 0.5) is 0 Å². The number of fused-ring (bicyclic) bond motifs is 5. The smallest absolute Gasteiger partial charge is 0.0361 e. The summed E-state index contributed by atoms with van der Waals surface area (Å²) in [7, 11) is 0. The summed E-state index contributed by atoms with van der Waals surface area (Å²) in [5.74, 6) is 4.26. The highest BCUT2D eigenvalue weighted by molar-refractivity contribution is 5.09. The standard InChI is InChI=1S/C17H26N2/c1-2-19-8-4-5-13(19)11-18-17-10-12-9-16(17)15-7-3-6-14(12)15/h4-5,8,12,14-18H,2-3,6-7,9-11H2,1H3. The molecule has 0 saturated heterocycles. The third kappa shape index (κ3) is 1.87. The van der Waals surface area contributed by atoms with Crippen molar-refractivity contribution < 1.29 is 0 Å². The first-order valence-electron chi connectivity index (χ1n) is 8.24. The van der Waals surface area contributed by atoms with Crippen LogP contribution in [0.15, 0.2) is 18.3 Å². The summed E-state index contributed by atoms with van der Waals surface area (Å²) < 4.78 is 2.36. The summed E-state index contributed by atoms with van der Waals surface area (Å²) in [5.41, 5.74) is 1.45. The zero-order chi connectivity index (χ0) is 12.8. The van der Waals surface area contributed by atoms with Crippen molar-refractivity contribution in [2.45, 2.75) is 58.2 Å². The Kier molecular flexibility index (Phi) is 2.95. The van der Waals surface area contributed by atoms with Crippen molar-refractivity contribution in [3.05, 3.63) is 24.0 Å². The van der Waals surface area contributed by atoms with Gasteiger partial charge in [0.1, 0.15) is 0 Å². The quantitative estimate of drug-likeness (QED) is 0.875. The highest BCUT2D eigenvalue weighted by Gasteiger charge is 2.53. The Morgan fingerprint density at radius 3 is 3.00 bits per heavy atom. The van der Waals surface area contributed by atoms with E-state index < -0.39 is 0 Å². The van der Waals surface area contributed by atoms with Crippen molar-refractivity contribution in [2.75, 3.05) is 0 Å². The van der Waals surface area contributed by atoms with Crippen molar-refractivity contribution in [3.8, 4) is 0 Å². The Balaban J connectivity index is 1.40. The van der Waals surface area contributed by atoms with Gasteiger partial charge in [-0.3, -0.25) is 0 Å². The van der Waals surface area contributed by atoms with Crippen LogP contribution in [0.5, 0.6) is 0 Å². The fraction of sp³-hybridized carbons (Fsp3) is 0.765. The maximum Gasteiger partial charge on any atom is 0.0361 e. The number of aryl methyl sites for hydroxylation is 1. The van der Waals surface area contributed by atoms with Crippen LogP contribution < -0.4 is 5.32 Å². The van der Waals surface area contributed by atoms with E-state index in [1.165, 1.54) is 37.8 Å². The summed E-state index contributed by atoms with van der Waals surface area (Å²) in [5, 5.41) is 3.88. The molecule has 0 spiro atoms. The molecule has 0 aromatic carbocycles. The number of rotatable bonds is 4. The molecule has 19 heavy (non-hydrogen) atoms. The van der Waals surface area contributed by atoms with E-state index in [-0.39, 0.29) is 0 Å². The van der Waals surface area contributed by atoms with Gasteiger partial charge in [-0.2, -0.15) is 0 Å². The van der Waals surface area contributed by atoms with Gasteiger partial charge in [0.25, 0.3) is 0 Å². The maximum absolute atomic E-state index is 3.88. The van der Waals surface area contributed by atoms with E-state index in [1.807, 2.05) is 0 Å². The number of nitrogens with one attached hydrogen (secondary N) is 1. The number of hydrogen-bond donors (Lipinski definition) is 1. The van der Waals surface area contributed by atoms with Gasteiger partial charge in [0.2, 0.25) is 0 Å². The SMILES string of the molecule is CCn1cccc1CNC1CC2CC1C1CCCC21. The van der Waals surface area contributed by atoms with E-state index in [1.54, 1.807) is 0 Å². The lowest BCUT2D eigenvalue weighted by Gasteiger charge is -2.32. The van der Waals surface area contributed by atoms with Crippen LogP contribution >= 0.6 is 0 Å². The van der Waals surface area contributed by atoms with E-state index in [0.29, 0.717) is 0 Å². The van der Waals surface area contributed by atoms with Crippen molar-refractivity contribution in [1.82, 2.24) is 9.88 Å². The van der Waals surface area contributed by atoms with Gasteiger partial charge in [-0.05, 0) is 68.4 Å². The van der Waals surface area contributed by atoms with Crippen LogP contribution in [-0.2, 0) is 13.1 Å². The summed E-state index contributed by atoms with van der Waals surface area (Å²) in [6.07, 6.45) is 9.76. The zero-order valence-electron chi connectivity index (χ0n) is 12.0. The van der Waals surface area contributed by atoms with Gasteiger partial charge in [-0.1, -0.05) is 6.42 Å². The van der Waals surface area contributed by atoms with E-state index >= 15 is 0 Å². The average Bonchev–Trinajstić information content (AvgIpc) is 3.16. The fourth-order valence-corrected chi connectivity index (χ4v) is 5.46. The van der Waals surface area contributed by atoms with E-state index in [0.717, 1.165) is 42.8 Å². The molecular weight excluding hydrogens is 232 g/mol. The lowest BCUT2D eigenvalue weighted by atomic mass is 9.79. The minimum absolute atomic E-state index is 0.810. The predicted octanol–water partition coefficient (Wildman–Crippen LogP) is 3.42. The van der Waals surface area contributed by atoms with Gasteiger partial charge in [0, 0.05) is 31.0 Å².